The SMILES string of the molecule is N#Cc1cc(I)cc(I)c1O. The molecule has 0 aromatic heterocycles. The van der Waals surface area contributed by atoms with Crippen molar-refractivity contribution in [1.82, 2.24) is 0 Å². The van der Waals surface area contributed by atoms with Crippen molar-refractivity contribution in [3.05, 3.63) is 24.8 Å². The molecule has 1 rings (SSSR count). The Morgan fingerprint density at radius 3 is 2.55 bits per heavy atom. The predicted octanol–water partition coefficient (Wildman–Crippen LogP) is 2.47. The summed E-state index contributed by atoms with van der Waals surface area (Å²) in [5.74, 6) is 0.0773. The van der Waals surface area contributed by atoms with E-state index in [4.69, 9.17) is 5.26 Å². The van der Waals surface area contributed by atoms with Crippen LogP contribution in [0.15, 0.2) is 12.1 Å². The quantitative estimate of drug-likeness (QED) is 0.713. The number of aromatic hydroxyl groups is 1. The second kappa shape index (κ2) is 3.58. The highest BCUT2D eigenvalue weighted by molar-refractivity contribution is 14.1. The third-order valence-corrected chi connectivity index (χ3v) is 2.59. The van der Waals surface area contributed by atoms with Crippen molar-refractivity contribution in [1.29, 1.82) is 5.26 Å². The summed E-state index contributed by atoms with van der Waals surface area (Å²) in [5, 5.41) is 17.8. The number of hydrogen-bond acceptors (Lipinski definition) is 2. The first-order valence-corrected chi connectivity index (χ1v) is 4.89. The van der Waals surface area contributed by atoms with E-state index in [-0.39, 0.29) is 5.75 Å². The molecule has 0 aliphatic heterocycles. The lowest BCUT2D eigenvalue weighted by atomic mass is 10.2. The molecule has 0 atom stereocenters. The van der Waals surface area contributed by atoms with Crippen molar-refractivity contribution in [2.75, 3.05) is 0 Å². The topological polar surface area (TPSA) is 44.0 Å². The van der Waals surface area contributed by atoms with Gasteiger partial charge in [0.05, 0.1) is 9.13 Å². The van der Waals surface area contributed by atoms with Crippen LogP contribution in [0.1, 0.15) is 5.56 Å². The van der Waals surface area contributed by atoms with E-state index in [1.165, 1.54) is 0 Å². The van der Waals surface area contributed by atoms with Crippen molar-refractivity contribution in [2.45, 2.75) is 0 Å². The average molecular weight is 371 g/mol. The van der Waals surface area contributed by atoms with Gasteiger partial charge in [0.2, 0.25) is 0 Å². The molecule has 2 nitrogen and oxygen atoms in total. The first kappa shape index (κ1) is 9.06. The van der Waals surface area contributed by atoms with Gasteiger partial charge in [0.15, 0.2) is 0 Å². The molecule has 0 fully saturated rings. The molecule has 0 spiro atoms. The van der Waals surface area contributed by atoms with Crippen molar-refractivity contribution < 1.29 is 5.11 Å². The molecule has 0 heterocycles. The molecule has 4 heteroatoms. The fraction of sp³-hybridized carbons (Fsp3) is 0. The smallest absolute Gasteiger partial charge is 0.146 e. The van der Waals surface area contributed by atoms with Crippen molar-refractivity contribution in [3.8, 4) is 11.8 Å². The lowest BCUT2D eigenvalue weighted by molar-refractivity contribution is 0.469. The summed E-state index contributed by atoms with van der Waals surface area (Å²) >= 11 is 4.10. The van der Waals surface area contributed by atoms with E-state index in [2.05, 4.69) is 22.6 Å². The Morgan fingerprint density at radius 2 is 2.00 bits per heavy atom. The zero-order chi connectivity index (χ0) is 8.43. The molecule has 1 aromatic carbocycles. The zero-order valence-electron chi connectivity index (χ0n) is 5.31. The molecular formula is C7H3I2NO. The number of nitrogens with zero attached hydrogens (tertiary/aromatic N) is 1. The van der Waals surface area contributed by atoms with Gasteiger partial charge in [-0.15, -0.1) is 0 Å². The first-order chi connectivity index (χ1) is 5.15. The highest BCUT2D eigenvalue weighted by atomic mass is 127. The molecule has 0 amide bonds. The van der Waals surface area contributed by atoms with Gasteiger partial charge in [-0.05, 0) is 57.3 Å². The van der Waals surface area contributed by atoms with Crippen LogP contribution in [0.25, 0.3) is 0 Å². The lowest BCUT2D eigenvalue weighted by Crippen LogP contribution is -1.82. The van der Waals surface area contributed by atoms with Crippen LogP contribution in [-0.2, 0) is 0 Å². The molecule has 0 saturated carbocycles. The highest BCUT2D eigenvalue weighted by Crippen LogP contribution is 2.25. The number of nitriles is 1. The molecule has 11 heavy (non-hydrogen) atoms. The van der Waals surface area contributed by atoms with E-state index in [1.807, 2.05) is 34.7 Å². The number of phenolic OH excluding ortho intramolecular Hbond substituents is 1. The maximum absolute atomic E-state index is 9.29. The third kappa shape index (κ3) is 1.96. The Kier molecular flexibility index (Phi) is 2.95. The summed E-state index contributed by atoms with van der Waals surface area (Å²) < 4.78 is 1.67. The van der Waals surface area contributed by atoms with Crippen LogP contribution in [-0.4, -0.2) is 5.11 Å². The second-order valence-corrected chi connectivity index (χ2v) is 4.30. The summed E-state index contributed by atoms with van der Waals surface area (Å²) in [5.41, 5.74) is 0.335. The molecule has 0 bridgehead atoms. The summed E-state index contributed by atoms with van der Waals surface area (Å²) in [4.78, 5) is 0. The monoisotopic (exact) mass is 371 g/mol. The molecule has 56 valence electrons. The van der Waals surface area contributed by atoms with Gasteiger partial charge >= 0.3 is 0 Å². The van der Waals surface area contributed by atoms with Crippen LogP contribution in [0, 0.1) is 18.5 Å². The number of hydrogen-bond donors (Lipinski definition) is 1. The fourth-order valence-electron chi connectivity index (χ4n) is 0.651. The van der Waals surface area contributed by atoms with Gasteiger partial charge in [0, 0.05) is 3.57 Å². The molecule has 0 radical (unpaired) electrons. The largest absolute Gasteiger partial charge is 0.505 e. The number of halogens is 2. The Morgan fingerprint density at radius 1 is 1.36 bits per heavy atom. The normalized spacial score (nSPS) is 9.18. The summed E-state index contributed by atoms with van der Waals surface area (Å²) in [6.07, 6.45) is 0. The van der Waals surface area contributed by atoms with E-state index < -0.39 is 0 Å². The summed E-state index contributed by atoms with van der Waals surface area (Å²) in [6, 6.07) is 5.38. The van der Waals surface area contributed by atoms with Crippen molar-refractivity contribution in [3.63, 3.8) is 0 Å². The molecule has 1 aromatic rings. The van der Waals surface area contributed by atoms with Crippen LogP contribution in [0.3, 0.4) is 0 Å². The van der Waals surface area contributed by atoms with E-state index in [0.29, 0.717) is 9.13 Å². The Hall–Kier alpha value is -0.0300. The standard InChI is InChI=1S/C7H3I2NO/c8-5-1-4(3-10)7(11)6(9)2-5/h1-2,11H. The predicted molar refractivity (Wildman–Crippen MR) is 58.3 cm³/mol. The third-order valence-electron chi connectivity index (χ3n) is 1.15. The van der Waals surface area contributed by atoms with Crippen LogP contribution in [0.4, 0.5) is 0 Å². The zero-order valence-corrected chi connectivity index (χ0v) is 9.62. The second-order valence-electron chi connectivity index (χ2n) is 1.90. The molecule has 0 aliphatic rings. The van der Waals surface area contributed by atoms with Gasteiger partial charge in [0.25, 0.3) is 0 Å². The van der Waals surface area contributed by atoms with Gasteiger partial charge in [-0.3, -0.25) is 0 Å². The minimum absolute atomic E-state index is 0.0773. The van der Waals surface area contributed by atoms with Crippen LogP contribution >= 0.6 is 45.2 Å². The van der Waals surface area contributed by atoms with Crippen LogP contribution in [0.2, 0.25) is 0 Å². The Labute approximate surface area is 91.5 Å². The van der Waals surface area contributed by atoms with Gasteiger partial charge in [-0.1, -0.05) is 0 Å². The molecule has 0 saturated heterocycles. The van der Waals surface area contributed by atoms with Crippen LogP contribution < -0.4 is 0 Å². The Bertz CT molecular complexity index is 330. The Balaban J connectivity index is 3.39. The molecule has 1 N–H and O–H groups in total. The minimum Gasteiger partial charge on any atom is -0.505 e. The average Bonchev–Trinajstić information content (AvgIpc) is 1.96. The molecule has 0 aliphatic carbocycles. The van der Waals surface area contributed by atoms with Crippen LogP contribution in [0.5, 0.6) is 5.75 Å². The number of benzene rings is 1. The summed E-state index contributed by atoms with van der Waals surface area (Å²) in [6.45, 7) is 0. The molecular weight excluding hydrogens is 368 g/mol. The van der Waals surface area contributed by atoms with Gasteiger partial charge in [-0.25, -0.2) is 0 Å². The number of phenols is 1. The minimum atomic E-state index is 0.0773. The van der Waals surface area contributed by atoms with Gasteiger partial charge in [0.1, 0.15) is 11.8 Å². The van der Waals surface area contributed by atoms with Crippen molar-refractivity contribution in [2.24, 2.45) is 0 Å². The van der Waals surface area contributed by atoms with Gasteiger partial charge < -0.3 is 5.11 Å². The molecule has 0 unspecified atom stereocenters. The highest BCUT2D eigenvalue weighted by Gasteiger charge is 2.05. The van der Waals surface area contributed by atoms with Gasteiger partial charge in [-0.2, -0.15) is 5.26 Å². The maximum atomic E-state index is 9.29. The first-order valence-electron chi connectivity index (χ1n) is 2.73. The maximum Gasteiger partial charge on any atom is 0.146 e. The number of rotatable bonds is 0. The fourth-order valence-corrected chi connectivity index (χ4v) is 2.50. The van der Waals surface area contributed by atoms with E-state index in [9.17, 15) is 5.11 Å². The van der Waals surface area contributed by atoms with E-state index in [1.54, 1.807) is 6.07 Å². The van der Waals surface area contributed by atoms with E-state index in [0.717, 1.165) is 3.57 Å². The van der Waals surface area contributed by atoms with Crippen molar-refractivity contribution >= 4 is 45.2 Å². The van der Waals surface area contributed by atoms with E-state index >= 15 is 0 Å². The lowest BCUT2D eigenvalue weighted by Gasteiger charge is -1.99. The summed E-state index contributed by atoms with van der Waals surface area (Å²) in [7, 11) is 0.